The molecule has 2 aromatic carbocycles. The highest BCUT2D eigenvalue weighted by molar-refractivity contribution is 9.10. The number of rotatable bonds is 4. The maximum Gasteiger partial charge on any atom is 0.335 e. The molecule has 0 spiro atoms. The molecule has 22 heavy (non-hydrogen) atoms. The van der Waals surface area contributed by atoms with Gasteiger partial charge in [-0.25, -0.2) is 17.6 Å². The van der Waals surface area contributed by atoms with E-state index in [4.69, 9.17) is 16.7 Å². The molecule has 0 aliphatic carbocycles. The standard InChI is InChI=1S/C13H8BrClFNO4S/c14-9-5-7(13(18)19)1-4-12(9)22(20,21)17-11-6-8(15)2-3-10(11)16/h1-6,17H,(H,18,19). The molecule has 0 unspecified atom stereocenters. The number of carbonyl (C=O) groups is 1. The van der Waals surface area contributed by atoms with Crippen LogP contribution in [0, 0.1) is 5.82 Å². The predicted octanol–water partition coefficient (Wildman–Crippen LogP) is 3.74. The van der Waals surface area contributed by atoms with E-state index in [0.717, 1.165) is 30.3 Å². The fraction of sp³-hybridized carbons (Fsp3) is 0. The van der Waals surface area contributed by atoms with Crippen molar-refractivity contribution in [2.45, 2.75) is 4.90 Å². The lowest BCUT2D eigenvalue weighted by atomic mass is 10.2. The van der Waals surface area contributed by atoms with Crippen LogP contribution in [0.5, 0.6) is 0 Å². The van der Waals surface area contributed by atoms with Crippen molar-refractivity contribution in [1.82, 2.24) is 0 Å². The molecule has 0 bridgehead atoms. The van der Waals surface area contributed by atoms with Crippen molar-refractivity contribution in [1.29, 1.82) is 0 Å². The lowest BCUT2D eigenvalue weighted by Gasteiger charge is -2.11. The van der Waals surface area contributed by atoms with Crippen LogP contribution in [0.15, 0.2) is 45.8 Å². The van der Waals surface area contributed by atoms with Gasteiger partial charge in [0.15, 0.2) is 0 Å². The first-order valence-corrected chi connectivity index (χ1v) is 8.37. The second kappa shape index (κ2) is 6.23. The normalized spacial score (nSPS) is 11.2. The van der Waals surface area contributed by atoms with E-state index >= 15 is 0 Å². The molecule has 0 heterocycles. The zero-order valence-electron chi connectivity index (χ0n) is 10.7. The molecule has 0 saturated heterocycles. The average molecular weight is 409 g/mol. The summed E-state index contributed by atoms with van der Waals surface area (Å²) in [6.45, 7) is 0. The topological polar surface area (TPSA) is 83.5 Å². The summed E-state index contributed by atoms with van der Waals surface area (Å²) in [4.78, 5) is 10.6. The second-order valence-electron chi connectivity index (χ2n) is 4.18. The number of halogens is 3. The highest BCUT2D eigenvalue weighted by Crippen LogP contribution is 2.27. The van der Waals surface area contributed by atoms with Crippen LogP contribution in [0.1, 0.15) is 10.4 Å². The van der Waals surface area contributed by atoms with E-state index in [-0.39, 0.29) is 25.6 Å². The number of hydrogen-bond donors (Lipinski definition) is 2. The van der Waals surface area contributed by atoms with E-state index in [1.165, 1.54) is 6.07 Å². The van der Waals surface area contributed by atoms with Crippen molar-refractivity contribution >= 4 is 49.2 Å². The maximum absolute atomic E-state index is 13.6. The Morgan fingerprint density at radius 3 is 2.50 bits per heavy atom. The van der Waals surface area contributed by atoms with E-state index in [9.17, 15) is 17.6 Å². The third kappa shape index (κ3) is 3.57. The quantitative estimate of drug-likeness (QED) is 0.807. The summed E-state index contributed by atoms with van der Waals surface area (Å²) < 4.78 is 40.3. The Bertz CT molecular complexity index is 857. The smallest absolute Gasteiger partial charge is 0.335 e. The third-order valence-electron chi connectivity index (χ3n) is 2.64. The number of carboxylic acid groups (broad SMARTS) is 1. The molecule has 0 amide bonds. The molecule has 0 radical (unpaired) electrons. The van der Waals surface area contributed by atoms with Crippen LogP contribution < -0.4 is 4.72 Å². The number of aromatic carboxylic acids is 1. The van der Waals surface area contributed by atoms with Gasteiger partial charge in [-0.1, -0.05) is 11.6 Å². The first-order valence-electron chi connectivity index (χ1n) is 5.71. The highest BCUT2D eigenvalue weighted by atomic mass is 79.9. The van der Waals surface area contributed by atoms with Crippen LogP contribution in [0.2, 0.25) is 5.02 Å². The van der Waals surface area contributed by atoms with Gasteiger partial charge in [0.2, 0.25) is 0 Å². The van der Waals surface area contributed by atoms with Gasteiger partial charge in [0.1, 0.15) is 10.7 Å². The van der Waals surface area contributed by atoms with Crippen molar-refractivity contribution < 1.29 is 22.7 Å². The Morgan fingerprint density at radius 1 is 1.23 bits per heavy atom. The van der Waals surface area contributed by atoms with E-state index in [1.54, 1.807) is 0 Å². The summed E-state index contributed by atoms with van der Waals surface area (Å²) >= 11 is 8.70. The maximum atomic E-state index is 13.6. The van der Waals surface area contributed by atoms with Gasteiger partial charge in [-0.3, -0.25) is 4.72 Å². The highest BCUT2D eigenvalue weighted by Gasteiger charge is 2.20. The van der Waals surface area contributed by atoms with Crippen molar-refractivity contribution in [2.24, 2.45) is 0 Å². The lowest BCUT2D eigenvalue weighted by Crippen LogP contribution is -2.15. The molecular weight excluding hydrogens is 401 g/mol. The number of hydrogen-bond acceptors (Lipinski definition) is 3. The van der Waals surface area contributed by atoms with Gasteiger partial charge in [-0.2, -0.15) is 0 Å². The molecule has 0 aliphatic heterocycles. The molecule has 0 saturated carbocycles. The number of anilines is 1. The van der Waals surface area contributed by atoms with Crippen LogP contribution in [-0.4, -0.2) is 19.5 Å². The molecule has 0 aromatic heterocycles. The minimum absolute atomic E-state index is 0.0438. The van der Waals surface area contributed by atoms with Gasteiger partial charge in [-0.15, -0.1) is 0 Å². The summed E-state index contributed by atoms with van der Waals surface area (Å²) in [5, 5.41) is 9.02. The molecular formula is C13H8BrClFNO4S. The zero-order valence-corrected chi connectivity index (χ0v) is 13.8. The fourth-order valence-electron chi connectivity index (χ4n) is 1.63. The summed E-state index contributed by atoms with van der Waals surface area (Å²) in [6, 6.07) is 6.84. The van der Waals surface area contributed by atoms with E-state index < -0.39 is 21.8 Å². The Labute approximate surface area is 138 Å². The minimum Gasteiger partial charge on any atom is -0.478 e. The largest absolute Gasteiger partial charge is 0.478 e. The third-order valence-corrected chi connectivity index (χ3v) is 5.22. The molecule has 9 heteroatoms. The van der Waals surface area contributed by atoms with Gasteiger partial charge in [0.25, 0.3) is 10.0 Å². The van der Waals surface area contributed by atoms with E-state index in [1.807, 2.05) is 0 Å². The Morgan fingerprint density at radius 2 is 1.91 bits per heavy atom. The van der Waals surface area contributed by atoms with Crippen molar-refractivity contribution in [2.75, 3.05) is 4.72 Å². The average Bonchev–Trinajstić information content (AvgIpc) is 2.42. The summed E-state index contributed by atoms with van der Waals surface area (Å²) in [5.41, 5.74) is -0.388. The first kappa shape index (κ1) is 16.7. The van der Waals surface area contributed by atoms with Gasteiger partial charge in [0, 0.05) is 9.50 Å². The van der Waals surface area contributed by atoms with Gasteiger partial charge >= 0.3 is 5.97 Å². The van der Waals surface area contributed by atoms with Gasteiger partial charge < -0.3 is 5.11 Å². The fourth-order valence-corrected chi connectivity index (χ4v) is 3.94. The Kier molecular flexibility index (Phi) is 4.74. The summed E-state index contributed by atoms with van der Waals surface area (Å²) in [6.07, 6.45) is 0. The molecule has 0 fully saturated rings. The van der Waals surface area contributed by atoms with Crippen molar-refractivity contribution in [3.05, 3.63) is 57.3 Å². The van der Waals surface area contributed by atoms with Crippen LogP contribution >= 0.6 is 27.5 Å². The molecule has 0 atom stereocenters. The number of nitrogens with one attached hydrogen (secondary N) is 1. The van der Waals surface area contributed by atoms with Crippen LogP contribution in [0.25, 0.3) is 0 Å². The molecule has 0 aliphatic rings. The Hall–Kier alpha value is -1.64. The van der Waals surface area contributed by atoms with Crippen molar-refractivity contribution in [3.8, 4) is 0 Å². The minimum atomic E-state index is -4.11. The number of sulfonamides is 1. The summed E-state index contributed by atoms with van der Waals surface area (Å²) in [5.74, 6) is -1.98. The molecule has 5 nitrogen and oxygen atoms in total. The van der Waals surface area contributed by atoms with Crippen LogP contribution in [-0.2, 0) is 10.0 Å². The monoisotopic (exact) mass is 407 g/mol. The molecule has 116 valence electrons. The summed E-state index contributed by atoms with van der Waals surface area (Å²) in [7, 11) is -4.11. The van der Waals surface area contributed by atoms with E-state index in [2.05, 4.69) is 20.7 Å². The second-order valence-corrected chi connectivity index (χ2v) is 7.12. The zero-order chi connectivity index (χ0) is 16.5. The predicted molar refractivity (Wildman–Crippen MR) is 83.3 cm³/mol. The van der Waals surface area contributed by atoms with Crippen LogP contribution in [0.3, 0.4) is 0 Å². The number of carboxylic acids is 1. The van der Waals surface area contributed by atoms with Gasteiger partial charge in [0.05, 0.1) is 11.3 Å². The molecule has 2 rings (SSSR count). The first-order chi connectivity index (χ1) is 10.2. The molecule has 2 N–H and O–H groups in total. The van der Waals surface area contributed by atoms with E-state index in [0.29, 0.717) is 0 Å². The number of benzene rings is 2. The van der Waals surface area contributed by atoms with Gasteiger partial charge in [-0.05, 0) is 52.3 Å². The van der Waals surface area contributed by atoms with Crippen molar-refractivity contribution in [3.63, 3.8) is 0 Å². The SMILES string of the molecule is O=C(O)c1ccc(S(=O)(=O)Nc2cc(Cl)ccc2F)c(Br)c1. The lowest BCUT2D eigenvalue weighted by molar-refractivity contribution is 0.0696. The van der Waals surface area contributed by atoms with Crippen LogP contribution in [0.4, 0.5) is 10.1 Å². The molecule has 2 aromatic rings. The Balaban J connectivity index is 2.43.